The lowest BCUT2D eigenvalue weighted by molar-refractivity contribution is -0.137. The Balaban J connectivity index is 1.66. The maximum Gasteiger partial charge on any atom is 0.416 e. The van der Waals surface area contributed by atoms with Gasteiger partial charge in [-0.05, 0) is 49.7 Å². The smallest absolute Gasteiger partial charge is 0.416 e. The number of halogens is 3. The maximum absolute atomic E-state index is 13.2. The van der Waals surface area contributed by atoms with E-state index in [1.54, 1.807) is 26.0 Å². The Morgan fingerprint density at radius 3 is 2.77 bits per heavy atom. The lowest BCUT2D eigenvalue weighted by Crippen LogP contribution is -2.16. The van der Waals surface area contributed by atoms with Crippen molar-refractivity contribution in [2.75, 3.05) is 24.3 Å². The van der Waals surface area contributed by atoms with Gasteiger partial charge in [-0.15, -0.1) is 0 Å². The number of nitrogens with two attached hydrogens (primary N) is 1. The molecule has 9 heteroatoms. The molecule has 0 spiro atoms. The fraction of sp³-hybridized carbons (Fsp3) is 0.364. The van der Waals surface area contributed by atoms with Crippen LogP contribution in [0.2, 0.25) is 0 Å². The molecule has 0 aliphatic carbocycles. The number of rotatable bonds is 5. The van der Waals surface area contributed by atoms with E-state index in [1.165, 1.54) is 6.07 Å². The quantitative estimate of drug-likeness (QED) is 0.571. The van der Waals surface area contributed by atoms with Crippen LogP contribution in [-0.2, 0) is 10.9 Å². The number of nitrogens with zero attached hydrogens (tertiary/aromatic N) is 2. The lowest BCUT2D eigenvalue weighted by Gasteiger charge is -2.19. The zero-order valence-corrected chi connectivity index (χ0v) is 17.1. The SMILES string of the molecule is Cc1nc(N[C@H](C)c2cc(N)cc(C(F)(F)F)c2)c2cc(O[C@H]3CCOC3)[c]cc2n1. The molecule has 1 saturated heterocycles. The van der Waals surface area contributed by atoms with Crippen molar-refractivity contribution in [3.8, 4) is 5.75 Å². The number of nitrogen functional groups attached to an aromatic ring is 1. The van der Waals surface area contributed by atoms with Gasteiger partial charge >= 0.3 is 6.18 Å². The van der Waals surface area contributed by atoms with Crippen LogP contribution in [0.25, 0.3) is 10.9 Å². The number of hydrogen-bond donors (Lipinski definition) is 2. The predicted molar refractivity (Wildman–Crippen MR) is 111 cm³/mol. The molecule has 1 fully saturated rings. The summed E-state index contributed by atoms with van der Waals surface area (Å²) in [5.74, 6) is 1.55. The van der Waals surface area contributed by atoms with Crippen LogP contribution in [0.15, 0.2) is 30.3 Å². The van der Waals surface area contributed by atoms with Gasteiger partial charge in [-0.2, -0.15) is 13.2 Å². The Labute approximate surface area is 177 Å². The number of aromatic nitrogens is 2. The highest BCUT2D eigenvalue weighted by molar-refractivity contribution is 5.90. The number of alkyl halides is 3. The van der Waals surface area contributed by atoms with E-state index in [0.717, 1.165) is 18.6 Å². The first-order valence-electron chi connectivity index (χ1n) is 9.88. The van der Waals surface area contributed by atoms with Gasteiger partial charge in [0.1, 0.15) is 23.5 Å². The van der Waals surface area contributed by atoms with Crippen molar-refractivity contribution in [1.82, 2.24) is 9.97 Å². The second-order valence-corrected chi connectivity index (χ2v) is 7.57. The van der Waals surface area contributed by atoms with Crippen LogP contribution in [0, 0.1) is 13.0 Å². The summed E-state index contributed by atoms with van der Waals surface area (Å²) < 4.78 is 50.8. The van der Waals surface area contributed by atoms with Crippen LogP contribution >= 0.6 is 0 Å². The van der Waals surface area contributed by atoms with Crippen LogP contribution in [0.4, 0.5) is 24.7 Å². The highest BCUT2D eigenvalue weighted by atomic mass is 19.4. The molecule has 0 unspecified atom stereocenters. The molecule has 1 radical (unpaired) electrons. The van der Waals surface area contributed by atoms with Crippen molar-refractivity contribution in [3.63, 3.8) is 0 Å². The summed E-state index contributed by atoms with van der Waals surface area (Å²) in [4.78, 5) is 8.88. The molecule has 4 rings (SSSR count). The Morgan fingerprint density at radius 1 is 1.26 bits per heavy atom. The lowest BCUT2D eigenvalue weighted by atomic mass is 10.0. The molecule has 31 heavy (non-hydrogen) atoms. The zero-order chi connectivity index (χ0) is 22.2. The fourth-order valence-electron chi connectivity index (χ4n) is 3.51. The van der Waals surface area contributed by atoms with Gasteiger partial charge in [0.25, 0.3) is 0 Å². The summed E-state index contributed by atoms with van der Waals surface area (Å²) in [6, 6.07) is 9.61. The minimum Gasteiger partial charge on any atom is -0.487 e. The van der Waals surface area contributed by atoms with E-state index in [2.05, 4.69) is 21.4 Å². The van der Waals surface area contributed by atoms with E-state index >= 15 is 0 Å². The largest absolute Gasteiger partial charge is 0.487 e. The third-order valence-electron chi connectivity index (χ3n) is 5.05. The average Bonchev–Trinajstić information content (AvgIpc) is 3.20. The molecule has 1 aliphatic rings. The topological polar surface area (TPSA) is 82.3 Å². The predicted octanol–water partition coefficient (Wildman–Crippen LogP) is 4.68. The van der Waals surface area contributed by atoms with Gasteiger partial charge in [0, 0.05) is 23.6 Å². The summed E-state index contributed by atoms with van der Waals surface area (Å²) in [6.07, 6.45) is -3.72. The molecule has 2 heterocycles. The number of fused-ring (bicyclic) bond motifs is 1. The molecular weight excluding hydrogens is 409 g/mol. The Kier molecular flexibility index (Phi) is 5.62. The minimum absolute atomic E-state index is 0.0384. The number of benzene rings is 2. The first kappa shape index (κ1) is 21.2. The molecule has 0 saturated carbocycles. The number of anilines is 2. The molecule has 1 aliphatic heterocycles. The molecule has 163 valence electrons. The molecular formula is C22H22F3N4O2. The molecule has 6 nitrogen and oxygen atoms in total. The highest BCUT2D eigenvalue weighted by Crippen LogP contribution is 2.34. The third kappa shape index (κ3) is 4.82. The molecule has 0 amide bonds. The second-order valence-electron chi connectivity index (χ2n) is 7.57. The van der Waals surface area contributed by atoms with E-state index in [4.69, 9.17) is 15.2 Å². The highest BCUT2D eigenvalue weighted by Gasteiger charge is 2.31. The molecule has 2 aromatic carbocycles. The summed E-state index contributed by atoms with van der Waals surface area (Å²) in [5.41, 5.74) is 6.03. The number of ether oxygens (including phenoxy) is 2. The standard InChI is InChI=1S/C22H22F3N4O2/c1-12(14-7-15(22(23,24)25)9-16(26)8-14)27-21-19-10-17(31-18-5-6-30-11-18)3-4-20(19)28-13(2)29-21/h4,7-10,12,18H,5-6,11,26H2,1-2H3,(H,27,28,29)/t12-,18+/m1/s1. The number of nitrogens with one attached hydrogen (secondary N) is 1. The van der Waals surface area contributed by atoms with E-state index in [1.807, 2.05) is 0 Å². The molecule has 3 N–H and O–H groups in total. The summed E-state index contributed by atoms with van der Waals surface area (Å²) in [5, 5.41) is 3.89. The van der Waals surface area contributed by atoms with Gasteiger partial charge in [0.05, 0.1) is 30.3 Å². The Bertz CT molecular complexity index is 1100. The van der Waals surface area contributed by atoms with E-state index in [-0.39, 0.29) is 11.8 Å². The van der Waals surface area contributed by atoms with Crippen LogP contribution in [0.3, 0.4) is 0 Å². The van der Waals surface area contributed by atoms with Gasteiger partial charge in [-0.25, -0.2) is 9.97 Å². The third-order valence-corrected chi connectivity index (χ3v) is 5.05. The molecule has 0 bridgehead atoms. The van der Waals surface area contributed by atoms with Gasteiger partial charge in [-0.3, -0.25) is 0 Å². The van der Waals surface area contributed by atoms with E-state index in [9.17, 15) is 13.2 Å². The van der Waals surface area contributed by atoms with Gasteiger partial charge < -0.3 is 20.5 Å². The van der Waals surface area contributed by atoms with Crippen molar-refractivity contribution in [2.24, 2.45) is 0 Å². The summed E-state index contributed by atoms with van der Waals surface area (Å²) >= 11 is 0. The fourth-order valence-corrected chi connectivity index (χ4v) is 3.51. The second kappa shape index (κ2) is 8.22. The first-order chi connectivity index (χ1) is 14.7. The van der Waals surface area contributed by atoms with Crippen LogP contribution in [0.1, 0.15) is 36.3 Å². The van der Waals surface area contributed by atoms with Crippen molar-refractivity contribution in [2.45, 2.75) is 38.6 Å². The zero-order valence-electron chi connectivity index (χ0n) is 17.1. The monoisotopic (exact) mass is 431 g/mol. The average molecular weight is 431 g/mol. The molecule has 3 aromatic rings. The molecule has 2 atom stereocenters. The van der Waals surface area contributed by atoms with Gasteiger partial charge in [-0.1, -0.05) is 0 Å². The van der Waals surface area contributed by atoms with Crippen molar-refractivity contribution >= 4 is 22.4 Å². The number of hydrogen-bond acceptors (Lipinski definition) is 6. The Hall–Kier alpha value is -3.07. The Morgan fingerprint density at radius 2 is 2.06 bits per heavy atom. The van der Waals surface area contributed by atoms with Crippen molar-refractivity contribution in [1.29, 1.82) is 0 Å². The first-order valence-corrected chi connectivity index (χ1v) is 9.88. The maximum atomic E-state index is 13.2. The summed E-state index contributed by atoms with van der Waals surface area (Å²) in [6.45, 7) is 4.68. The van der Waals surface area contributed by atoms with Crippen molar-refractivity contribution < 1.29 is 22.6 Å². The van der Waals surface area contributed by atoms with Crippen LogP contribution in [-0.4, -0.2) is 29.3 Å². The van der Waals surface area contributed by atoms with Gasteiger partial charge in [0.15, 0.2) is 0 Å². The summed E-state index contributed by atoms with van der Waals surface area (Å²) in [7, 11) is 0. The van der Waals surface area contributed by atoms with Crippen LogP contribution < -0.4 is 15.8 Å². The molecule has 1 aromatic heterocycles. The van der Waals surface area contributed by atoms with Crippen molar-refractivity contribution in [3.05, 3.63) is 53.3 Å². The van der Waals surface area contributed by atoms with Gasteiger partial charge in [0.2, 0.25) is 0 Å². The van der Waals surface area contributed by atoms with E-state index in [0.29, 0.717) is 47.1 Å². The minimum atomic E-state index is -4.48. The van der Waals surface area contributed by atoms with E-state index < -0.39 is 17.8 Å². The van der Waals surface area contributed by atoms with Crippen LogP contribution in [0.5, 0.6) is 5.75 Å². The number of aryl methyl sites for hydroxylation is 1. The normalized spacial score (nSPS) is 17.6.